The Hall–Kier alpha value is -2.86. The molecule has 7 heteroatoms. The lowest BCUT2D eigenvalue weighted by molar-refractivity contribution is -0.120. The predicted octanol–water partition coefficient (Wildman–Crippen LogP) is 2.93. The van der Waals surface area contributed by atoms with Gasteiger partial charge >= 0.3 is 0 Å². The van der Waals surface area contributed by atoms with Gasteiger partial charge in [-0.3, -0.25) is 9.59 Å². The van der Waals surface area contributed by atoms with Crippen molar-refractivity contribution in [1.29, 1.82) is 0 Å². The number of rotatable bonds is 7. The predicted molar refractivity (Wildman–Crippen MR) is 106 cm³/mol. The summed E-state index contributed by atoms with van der Waals surface area (Å²) in [6, 6.07) is 14.6. The highest BCUT2D eigenvalue weighted by Gasteiger charge is 2.09. The second-order valence-corrected chi connectivity index (χ2v) is 6.63. The summed E-state index contributed by atoms with van der Waals surface area (Å²) in [5, 5.41) is 5.89. The van der Waals surface area contributed by atoms with E-state index in [2.05, 4.69) is 20.2 Å². The number of aryl methyl sites for hydroxylation is 2. The van der Waals surface area contributed by atoms with Gasteiger partial charge < -0.3 is 15.2 Å². The zero-order chi connectivity index (χ0) is 19.2. The van der Waals surface area contributed by atoms with Crippen LogP contribution in [0.3, 0.4) is 0 Å². The molecule has 0 saturated carbocycles. The molecular weight excluding hydrogens is 364 g/mol. The van der Waals surface area contributed by atoms with Gasteiger partial charge in [0.2, 0.25) is 5.91 Å². The molecule has 0 radical (unpaired) electrons. The molecule has 6 nitrogen and oxygen atoms in total. The van der Waals surface area contributed by atoms with Crippen LogP contribution < -0.4 is 10.6 Å². The molecule has 0 aliphatic rings. The van der Waals surface area contributed by atoms with Crippen molar-refractivity contribution in [2.45, 2.75) is 19.9 Å². The fourth-order valence-corrected chi connectivity index (χ4v) is 3.09. The van der Waals surface area contributed by atoms with Crippen LogP contribution in [-0.4, -0.2) is 34.5 Å². The molecule has 0 atom stereocenters. The molecule has 0 fully saturated rings. The van der Waals surface area contributed by atoms with E-state index in [-0.39, 0.29) is 18.4 Å². The summed E-state index contributed by atoms with van der Waals surface area (Å²) in [6.45, 7) is 3.20. The molecule has 27 heavy (non-hydrogen) atoms. The Morgan fingerprint density at radius 3 is 2.74 bits per heavy atom. The summed E-state index contributed by atoms with van der Waals surface area (Å²) in [6.07, 6.45) is 0.773. The number of halogens is 1. The van der Waals surface area contributed by atoms with Gasteiger partial charge in [0.15, 0.2) is 0 Å². The fraction of sp³-hybridized carbons (Fsp3) is 0.250. The van der Waals surface area contributed by atoms with Crippen molar-refractivity contribution in [3.63, 3.8) is 0 Å². The molecule has 1 heterocycles. The number of para-hydroxylation sites is 2. The van der Waals surface area contributed by atoms with E-state index in [9.17, 15) is 9.59 Å². The molecule has 3 aromatic rings. The zero-order valence-electron chi connectivity index (χ0n) is 15.0. The average Bonchev–Trinajstić information content (AvgIpc) is 2.98. The molecule has 0 aliphatic heterocycles. The van der Waals surface area contributed by atoms with E-state index in [0.717, 1.165) is 29.8 Å². The van der Waals surface area contributed by atoms with E-state index in [1.54, 1.807) is 24.3 Å². The van der Waals surface area contributed by atoms with Crippen LogP contribution in [0.5, 0.6) is 0 Å². The Kier molecular flexibility index (Phi) is 6.08. The van der Waals surface area contributed by atoms with Crippen LogP contribution in [0.4, 0.5) is 0 Å². The van der Waals surface area contributed by atoms with Crippen molar-refractivity contribution in [1.82, 2.24) is 20.2 Å². The average molecular weight is 385 g/mol. The third-order valence-corrected chi connectivity index (χ3v) is 4.46. The van der Waals surface area contributed by atoms with Gasteiger partial charge in [0.05, 0.1) is 17.6 Å². The Balaban J connectivity index is 1.42. The number of carbonyl (C=O) groups is 2. The lowest BCUT2D eigenvalue weighted by atomic mass is 10.2. The maximum Gasteiger partial charge on any atom is 0.251 e. The first kappa shape index (κ1) is 18.9. The summed E-state index contributed by atoms with van der Waals surface area (Å²) in [7, 11) is 0. The number of aromatic nitrogens is 2. The highest BCUT2D eigenvalue weighted by Crippen LogP contribution is 2.15. The molecule has 0 bridgehead atoms. The van der Waals surface area contributed by atoms with E-state index in [1.807, 2.05) is 31.2 Å². The quantitative estimate of drug-likeness (QED) is 0.615. The zero-order valence-corrected chi connectivity index (χ0v) is 15.8. The fourth-order valence-electron chi connectivity index (χ4n) is 2.90. The SMILES string of the molecule is Cc1nc2ccccc2n1CCCNC(=O)CNC(=O)c1cccc(Cl)c1. The Morgan fingerprint density at radius 2 is 1.93 bits per heavy atom. The van der Waals surface area contributed by atoms with Gasteiger partial charge in [-0.05, 0) is 43.7 Å². The van der Waals surface area contributed by atoms with Crippen LogP contribution in [-0.2, 0) is 11.3 Å². The highest BCUT2D eigenvalue weighted by atomic mass is 35.5. The van der Waals surface area contributed by atoms with Crippen molar-refractivity contribution < 1.29 is 9.59 Å². The number of benzene rings is 2. The third-order valence-electron chi connectivity index (χ3n) is 4.22. The van der Waals surface area contributed by atoms with Crippen molar-refractivity contribution in [3.8, 4) is 0 Å². The molecule has 1 aromatic heterocycles. The standard InChI is InChI=1S/C20H21ClN4O2/c1-14-24-17-8-2-3-9-18(17)25(14)11-5-10-22-19(26)13-23-20(27)15-6-4-7-16(21)12-15/h2-4,6-9,12H,5,10-11,13H2,1H3,(H,22,26)(H,23,27). The van der Waals surface area contributed by atoms with Crippen molar-refractivity contribution in [3.05, 3.63) is 64.9 Å². The van der Waals surface area contributed by atoms with E-state index < -0.39 is 0 Å². The van der Waals surface area contributed by atoms with Crippen LogP contribution >= 0.6 is 11.6 Å². The van der Waals surface area contributed by atoms with Gasteiger partial charge in [0.25, 0.3) is 5.91 Å². The molecule has 2 N–H and O–H groups in total. The van der Waals surface area contributed by atoms with E-state index in [0.29, 0.717) is 17.1 Å². The van der Waals surface area contributed by atoms with Crippen molar-refractivity contribution in [2.24, 2.45) is 0 Å². The summed E-state index contributed by atoms with van der Waals surface area (Å²) in [5.74, 6) is 0.405. The topological polar surface area (TPSA) is 76.0 Å². The number of hydrogen-bond donors (Lipinski definition) is 2. The molecule has 2 aromatic carbocycles. The monoisotopic (exact) mass is 384 g/mol. The first-order chi connectivity index (χ1) is 13.0. The molecule has 0 spiro atoms. The molecule has 0 aliphatic carbocycles. The number of amides is 2. The molecule has 140 valence electrons. The van der Waals surface area contributed by atoms with E-state index in [4.69, 9.17) is 11.6 Å². The normalized spacial score (nSPS) is 10.7. The number of nitrogens with zero attached hydrogens (tertiary/aromatic N) is 2. The second kappa shape index (κ2) is 8.68. The largest absolute Gasteiger partial charge is 0.355 e. The molecular formula is C20H21ClN4O2. The lowest BCUT2D eigenvalue weighted by Gasteiger charge is -2.09. The minimum Gasteiger partial charge on any atom is -0.355 e. The summed E-state index contributed by atoms with van der Waals surface area (Å²) in [4.78, 5) is 28.4. The summed E-state index contributed by atoms with van der Waals surface area (Å²) < 4.78 is 2.14. The Labute approximate surface area is 162 Å². The molecule has 0 saturated heterocycles. The van der Waals surface area contributed by atoms with Crippen molar-refractivity contribution in [2.75, 3.05) is 13.1 Å². The van der Waals surface area contributed by atoms with Gasteiger partial charge in [-0.25, -0.2) is 4.98 Å². The maximum atomic E-state index is 12.0. The smallest absolute Gasteiger partial charge is 0.251 e. The molecule has 2 amide bonds. The van der Waals surface area contributed by atoms with E-state index in [1.165, 1.54) is 0 Å². The Bertz CT molecular complexity index is 968. The first-order valence-corrected chi connectivity index (χ1v) is 9.15. The third kappa shape index (κ3) is 4.86. The van der Waals surface area contributed by atoms with Crippen LogP contribution in [0.2, 0.25) is 5.02 Å². The van der Waals surface area contributed by atoms with Crippen molar-refractivity contribution >= 4 is 34.4 Å². The molecule has 3 rings (SSSR count). The number of hydrogen-bond acceptors (Lipinski definition) is 3. The van der Waals surface area contributed by atoms with Gasteiger partial charge in [-0.2, -0.15) is 0 Å². The minimum absolute atomic E-state index is 0.0711. The van der Waals surface area contributed by atoms with Gasteiger partial charge in [0.1, 0.15) is 5.82 Å². The van der Waals surface area contributed by atoms with E-state index >= 15 is 0 Å². The number of carbonyl (C=O) groups excluding carboxylic acids is 2. The van der Waals surface area contributed by atoms with Crippen LogP contribution in [0.1, 0.15) is 22.6 Å². The second-order valence-electron chi connectivity index (χ2n) is 6.20. The summed E-state index contributed by atoms with van der Waals surface area (Å²) >= 11 is 5.86. The lowest BCUT2D eigenvalue weighted by Crippen LogP contribution is -2.37. The summed E-state index contributed by atoms with van der Waals surface area (Å²) in [5.41, 5.74) is 2.50. The van der Waals surface area contributed by atoms with Crippen LogP contribution in [0.15, 0.2) is 48.5 Å². The van der Waals surface area contributed by atoms with Crippen LogP contribution in [0, 0.1) is 6.92 Å². The van der Waals surface area contributed by atoms with Gasteiger partial charge in [-0.15, -0.1) is 0 Å². The van der Waals surface area contributed by atoms with Gasteiger partial charge in [-0.1, -0.05) is 29.8 Å². The minimum atomic E-state index is -0.326. The van der Waals surface area contributed by atoms with Gasteiger partial charge in [0, 0.05) is 23.7 Å². The maximum absolute atomic E-state index is 12.0. The first-order valence-electron chi connectivity index (χ1n) is 8.77. The number of imidazole rings is 1. The van der Waals surface area contributed by atoms with Crippen LogP contribution in [0.25, 0.3) is 11.0 Å². The number of fused-ring (bicyclic) bond motifs is 1. The number of nitrogens with one attached hydrogen (secondary N) is 2. The Morgan fingerprint density at radius 1 is 1.11 bits per heavy atom. The highest BCUT2D eigenvalue weighted by molar-refractivity contribution is 6.30. The molecule has 0 unspecified atom stereocenters.